The molecule has 4 aromatic rings. The number of amides is 1. The Balaban J connectivity index is 1.46. The van der Waals surface area contributed by atoms with Gasteiger partial charge in [0.25, 0.3) is 11.5 Å². The maximum absolute atomic E-state index is 12.8. The van der Waals surface area contributed by atoms with E-state index in [9.17, 15) is 14.4 Å². The number of nitrogens with one attached hydrogen (secondary N) is 1. The molecule has 0 saturated carbocycles. The lowest BCUT2D eigenvalue weighted by Crippen LogP contribution is -2.32. The van der Waals surface area contributed by atoms with Gasteiger partial charge in [0.15, 0.2) is 11.5 Å². The molecular formula is C24H19N3O4. The summed E-state index contributed by atoms with van der Waals surface area (Å²) in [5.74, 6) is -0.0726. The van der Waals surface area contributed by atoms with E-state index < -0.39 is 5.91 Å². The van der Waals surface area contributed by atoms with E-state index in [1.54, 1.807) is 66.7 Å². The zero-order chi connectivity index (χ0) is 21.6. The summed E-state index contributed by atoms with van der Waals surface area (Å²) in [7, 11) is 0. The fourth-order valence-electron chi connectivity index (χ4n) is 3.16. The van der Waals surface area contributed by atoms with Gasteiger partial charge in [-0.2, -0.15) is 5.10 Å². The molecule has 31 heavy (non-hydrogen) atoms. The lowest BCUT2D eigenvalue weighted by Gasteiger charge is -2.10. The van der Waals surface area contributed by atoms with Crippen molar-refractivity contribution in [3.05, 3.63) is 112 Å². The SMILES string of the molecule is O=C(NCCn1nc(-c2ccco2)ccc1=O)c1ccccc1C(=O)c1ccccc1. The first-order valence-corrected chi connectivity index (χ1v) is 9.72. The molecule has 4 rings (SSSR count). The van der Waals surface area contributed by atoms with Crippen LogP contribution in [0.2, 0.25) is 0 Å². The Hall–Kier alpha value is -4.26. The Kier molecular flexibility index (Phi) is 5.84. The van der Waals surface area contributed by atoms with Crippen LogP contribution < -0.4 is 10.9 Å². The number of furan rings is 1. The van der Waals surface area contributed by atoms with Crippen molar-refractivity contribution in [3.63, 3.8) is 0 Å². The summed E-state index contributed by atoms with van der Waals surface area (Å²) >= 11 is 0. The van der Waals surface area contributed by atoms with Crippen molar-refractivity contribution in [1.29, 1.82) is 0 Å². The molecular weight excluding hydrogens is 394 g/mol. The molecule has 0 spiro atoms. The lowest BCUT2D eigenvalue weighted by atomic mass is 9.98. The average Bonchev–Trinajstić information content (AvgIpc) is 3.35. The Morgan fingerprint density at radius 3 is 2.35 bits per heavy atom. The van der Waals surface area contributed by atoms with Crippen LogP contribution in [0.4, 0.5) is 0 Å². The molecule has 0 aliphatic carbocycles. The monoisotopic (exact) mass is 413 g/mol. The van der Waals surface area contributed by atoms with Crippen LogP contribution in [0.15, 0.2) is 94.3 Å². The Labute approximate surface area is 178 Å². The van der Waals surface area contributed by atoms with Crippen molar-refractivity contribution >= 4 is 11.7 Å². The van der Waals surface area contributed by atoms with Crippen LogP contribution in [0.5, 0.6) is 0 Å². The van der Waals surface area contributed by atoms with E-state index in [4.69, 9.17) is 4.42 Å². The molecule has 154 valence electrons. The van der Waals surface area contributed by atoms with Crippen molar-refractivity contribution in [2.24, 2.45) is 0 Å². The Morgan fingerprint density at radius 2 is 1.61 bits per heavy atom. The summed E-state index contributed by atoms with van der Waals surface area (Å²) in [6, 6.07) is 21.9. The van der Waals surface area contributed by atoms with Gasteiger partial charge in [-0.05, 0) is 24.3 Å². The van der Waals surface area contributed by atoms with E-state index in [0.29, 0.717) is 22.6 Å². The normalized spacial score (nSPS) is 10.6. The fourth-order valence-corrected chi connectivity index (χ4v) is 3.16. The molecule has 2 heterocycles. The third-order valence-corrected chi connectivity index (χ3v) is 4.70. The zero-order valence-corrected chi connectivity index (χ0v) is 16.5. The van der Waals surface area contributed by atoms with E-state index in [-0.39, 0.29) is 30.0 Å². The van der Waals surface area contributed by atoms with Gasteiger partial charge in [-0.15, -0.1) is 0 Å². The molecule has 0 aliphatic heterocycles. The molecule has 0 atom stereocenters. The predicted octanol–water partition coefficient (Wildman–Crippen LogP) is 3.16. The largest absolute Gasteiger partial charge is 0.463 e. The first-order valence-electron chi connectivity index (χ1n) is 9.72. The molecule has 0 aliphatic rings. The molecule has 2 aromatic carbocycles. The number of aromatic nitrogens is 2. The minimum atomic E-state index is -0.393. The molecule has 0 fully saturated rings. The fraction of sp³-hybridized carbons (Fsp3) is 0.0833. The highest BCUT2D eigenvalue weighted by atomic mass is 16.3. The van der Waals surface area contributed by atoms with E-state index >= 15 is 0 Å². The van der Waals surface area contributed by atoms with Crippen molar-refractivity contribution in [3.8, 4) is 11.5 Å². The van der Waals surface area contributed by atoms with Gasteiger partial charge >= 0.3 is 0 Å². The summed E-state index contributed by atoms with van der Waals surface area (Å²) in [5, 5.41) is 7.04. The minimum Gasteiger partial charge on any atom is -0.463 e. The van der Waals surface area contributed by atoms with Gasteiger partial charge < -0.3 is 9.73 Å². The van der Waals surface area contributed by atoms with E-state index in [2.05, 4.69) is 10.4 Å². The number of nitrogens with zero attached hydrogens (tertiary/aromatic N) is 2. The quantitative estimate of drug-likeness (QED) is 0.470. The lowest BCUT2D eigenvalue weighted by molar-refractivity contribution is 0.0940. The third-order valence-electron chi connectivity index (χ3n) is 4.70. The second-order valence-electron chi connectivity index (χ2n) is 6.75. The summed E-state index contributed by atoms with van der Waals surface area (Å²) in [4.78, 5) is 37.7. The number of hydrogen-bond donors (Lipinski definition) is 1. The van der Waals surface area contributed by atoms with Crippen LogP contribution in [0.1, 0.15) is 26.3 Å². The maximum Gasteiger partial charge on any atom is 0.266 e. The van der Waals surface area contributed by atoms with Gasteiger partial charge in [-0.25, -0.2) is 4.68 Å². The molecule has 0 unspecified atom stereocenters. The van der Waals surface area contributed by atoms with Gasteiger partial charge in [0, 0.05) is 23.7 Å². The summed E-state index contributed by atoms with van der Waals surface area (Å²) in [5.41, 5.74) is 1.34. The topological polar surface area (TPSA) is 94.2 Å². The summed E-state index contributed by atoms with van der Waals surface area (Å²) < 4.78 is 6.57. The predicted molar refractivity (Wildman–Crippen MR) is 115 cm³/mol. The van der Waals surface area contributed by atoms with Crippen LogP contribution >= 0.6 is 0 Å². The van der Waals surface area contributed by atoms with Gasteiger partial charge in [0.1, 0.15) is 5.69 Å². The third kappa shape index (κ3) is 4.51. The molecule has 2 aromatic heterocycles. The van der Waals surface area contributed by atoms with Crippen molar-refractivity contribution < 1.29 is 14.0 Å². The Morgan fingerprint density at radius 1 is 0.871 bits per heavy atom. The Bertz CT molecular complexity index is 1260. The molecule has 0 radical (unpaired) electrons. The van der Waals surface area contributed by atoms with Gasteiger partial charge in [0.05, 0.1) is 18.4 Å². The number of rotatable bonds is 7. The van der Waals surface area contributed by atoms with E-state index in [1.807, 2.05) is 6.07 Å². The van der Waals surface area contributed by atoms with Crippen LogP contribution in [0.25, 0.3) is 11.5 Å². The zero-order valence-electron chi connectivity index (χ0n) is 16.5. The highest BCUT2D eigenvalue weighted by Gasteiger charge is 2.17. The first kappa shape index (κ1) is 20.0. The molecule has 7 nitrogen and oxygen atoms in total. The minimum absolute atomic E-state index is 0.168. The highest BCUT2D eigenvalue weighted by Crippen LogP contribution is 2.16. The summed E-state index contributed by atoms with van der Waals surface area (Å²) in [6.07, 6.45) is 1.53. The first-order chi connectivity index (χ1) is 15.1. The van der Waals surface area contributed by atoms with Gasteiger partial charge in [-0.3, -0.25) is 14.4 Å². The molecule has 0 saturated heterocycles. The molecule has 7 heteroatoms. The van der Waals surface area contributed by atoms with Crippen LogP contribution in [0.3, 0.4) is 0 Å². The van der Waals surface area contributed by atoms with Crippen LogP contribution in [0, 0.1) is 0 Å². The smallest absolute Gasteiger partial charge is 0.266 e. The molecule has 1 N–H and O–H groups in total. The second kappa shape index (κ2) is 9.04. The number of benzene rings is 2. The van der Waals surface area contributed by atoms with E-state index in [0.717, 1.165) is 0 Å². The van der Waals surface area contributed by atoms with Crippen LogP contribution in [-0.4, -0.2) is 28.0 Å². The summed E-state index contributed by atoms with van der Waals surface area (Å²) in [6.45, 7) is 0.342. The van der Waals surface area contributed by atoms with E-state index in [1.165, 1.54) is 17.0 Å². The van der Waals surface area contributed by atoms with Crippen molar-refractivity contribution in [2.75, 3.05) is 6.54 Å². The number of hydrogen-bond acceptors (Lipinski definition) is 5. The number of carbonyl (C=O) groups is 2. The van der Waals surface area contributed by atoms with Crippen molar-refractivity contribution in [2.45, 2.75) is 6.54 Å². The highest BCUT2D eigenvalue weighted by molar-refractivity contribution is 6.15. The number of ketones is 1. The van der Waals surface area contributed by atoms with Gasteiger partial charge in [0.2, 0.25) is 0 Å². The molecule has 0 bridgehead atoms. The van der Waals surface area contributed by atoms with Crippen molar-refractivity contribution in [1.82, 2.24) is 15.1 Å². The maximum atomic E-state index is 12.8. The van der Waals surface area contributed by atoms with Crippen LogP contribution in [-0.2, 0) is 6.54 Å². The molecule has 1 amide bonds. The van der Waals surface area contributed by atoms with Gasteiger partial charge in [-0.1, -0.05) is 48.5 Å². The second-order valence-corrected chi connectivity index (χ2v) is 6.75. The average molecular weight is 413 g/mol. The standard InChI is InChI=1S/C24H19N3O4/c28-22-13-12-20(21-11-6-16-31-21)26-27(22)15-14-25-24(30)19-10-5-4-9-18(19)23(29)17-7-2-1-3-8-17/h1-13,16H,14-15H2,(H,25,30). The number of carbonyl (C=O) groups excluding carboxylic acids is 2.